The van der Waals surface area contributed by atoms with Gasteiger partial charge in [0.1, 0.15) is 0 Å². The second-order valence-electron chi connectivity index (χ2n) is 5.19. The molecular weight excluding hydrogens is 235 g/mol. The molecule has 1 saturated carbocycles. The zero-order valence-corrected chi connectivity index (χ0v) is 10.5. The Morgan fingerprint density at radius 1 is 1.67 bits per heavy atom. The fourth-order valence-electron chi connectivity index (χ4n) is 2.68. The standard InChI is InChI=1S/C12H19FN4O/c1-8-3-2-4-12(5-8,7-18)17-10-9(13)6-15-11(14)16-10/h6,8,18H,2-5,7H2,1H3,(H3,14,15,16,17). The summed E-state index contributed by atoms with van der Waals surface area (Å²) in [7, 11) is 0. The number of rotatable bonds is 3. The van der Waals surface area contributed by atoms with Crippen LogP contribution in [0.5, 0.6) is 0 Å². The topological polar surface area (TPSA) is 84.1 Å². The van der Waals surface area contributed by atoms with E-state index in [0.29, 0.717) is 5.92 Å². The number of halogens is 1. The van der Waals surface area contributed by atoms with Crippen molar-refractivity contribution in [3.63, 3.8) is 0 Å². The number of aromatic nitrogens is 2. The molecule has 0 aromatic carbocycles. The predicted octanol–water partition coefficient (Wildman–Crippen LogP) is 1.55. The van der Waals surface area contributed by atoms with Crippen LogP contribution in [0.15, 0.2) is 6.20 Å². The fraction of sp³-hybridized carbons (Fsp3) is 0.667. The van der Waals surface area contributed by atoms with Gasteiger partial charge in [0.15, 0.2) is 11.6 Å². The minimum absolute atomic E-state index is 0.0239. The maximum atomic E-state index is 13.6. The average Bonchev–Trinajstić information content (AvgIpc) is 2.34. The highest BCUT2D eigenvalue weighted by molar-refractivity contribution is 5.42. The summed E-state index contributed by atoms with van der Waals surface area (Å²) in [5.74, 6) is 0.0531. The first-order chi connectivity index (χ1) is 8.54. The fourth-order valence-corrected chi connectivity index (χ4v) is 2.68. The molecule has 0 radical (unpaired) electrons. The predicted molar refractivity (Wildman–Crippen MR) is 67.5 cm³/mol. The maximum absolute atomic E-state index is 13.6. The van der Waals surface area contributed by atoms with Crippen LogP contribution in [0.2, 0.25) is 0 Å². The lowest BCUT2D eigenvalue weighted by Gasteiger charge is -2.39. The van der Waals surface area contributed by atoms with E-state index in [0.717, 1.165) is 31.9 Å². The highest BCUT2D eigenvalue weighted by Gasteiger charge is 2.35. The lowest BCUT2D eigenvalue weighted by molar-refractivity contribution is 0.149. The van der Waals surface area contributed by atoms with E-state index < -0.39 is 11.4 Å². The third-order valence-electron chi connectivity index (χ3n) is 3.54. The van der Waals surface area contributed by atoms with Crippen LogP contribution in [0.1, 0.15) is 32.6 Å². The van der Waals surface area contributed by atoms with Crippen molar-refractivity contribution in [3.8, 4) is 0 Å². The molecule has 0 bridgehead atoms. The Morgan fingerprint density at radius 3 is 3.11 bits per heavy atom. The van der Waals surface area contributed by atoms with Crippen LogP contribution in [-0.2, 0) is 0 Å². The summed E-state index contributed by atoms with van der Waals surface area (Å²) in [5.41, 5.74) is 4.95. The molecule has 0 saturated heterocycles. The van der Waals surface area contributed by atoms with Gasteiger partial charge in [-0.25, -0.2) is 9.37 Å². The molecule has 6 heteroatoms. The van der Waals surface area contributed by atoms with Crippen molar-refractivity contribution < 1.29 is 9.50 Å². The van der Waals surface area contributed by atoms with E-state index in [9.17, 15) is 9.50 Å². The number of anilines is 2. The van der Waals surface area contributed by atoms with Crippen LogP contribution < -0.4 is 11.1 Å². The van der Waals surface area contributed by atoms with Gasteiger partial charge in [-0.05, 0) is 18.8 Å². The molecule has 0 amide bonds. The van der Waals surface area contributed by atoms with Gasteiger partial charge < -0.3 is 16.2 Å². The summed E-state index contributed by atoms with van der Waals surface area (Å²) in [5, 5.41) is 12.6. The SMILES string of the molecule is CC1CCCC(CO)(Nc2nc(N)ncc2F)C1. The van der Waals surface area contributed by atoms with E-state index in [2.05, 4.69) is 22.2 Å². The first kappa shape index (κ1) is 13.0. The molecule has 2 rings (SSSR count). The van der Waals surface area contributed by atoms with E-state index in [-0.39, 0.29) is 18.4 Å². The molecule has 18 heavy (non-hydrogen) atoms. The molecule has 0 aliphatic heterocycles. The van der Waals surface area contributed by atoms with E-state index >= 15 is 0 Å². The van der Waals surface area contributed by atoms with Crippen molar-refractivity contribution in [1.29, 1.82) is 0 Å². The summed E-state index contributed by atoms with van der Waals surface area (Å²) >= 11 is 0. The van der Waals surface area contributed by atoms with Gasteiger partial charge in [-0.1, -0.05) is 19.8 Å². The number of hydrogen-bond acceptors (Lipinski definition) is 5. The monoisotopic (exact) mass is 254 g/mol. The van der Waals surface area contributed by atoms with Gasteiger partial charge in [-0.3, -0.25) is 0 Å². The number of hydrogen-bond donors (Lipinski definition) is 3. The zero-order chi connectivity index (χ0) is 13.2. The van der Waals surface area contributed by atoms with Gasteiger partial charge in [0, 0.05) is 0 Å². The molecule has 100 valence electrons. The Morgan fingerprint density at radius 2 is 2.44 bits per heavy atom. The molecule has 1 aromatic heterocycles. The number of aliphatic hydroxyl groups excluding tert-OH is 1. The van der Waals surface area contributed by atoms with Crippen molar-refractivity contribution in [1.82, 2.24) is 9.97 Å². The maximum Gasteiger partial charge on any atom is 0.222 e. The highest BCUT2D eigenvalue weighted by atomic mass is 19.1. The van der Waals surface area contributed by atoms with Crippen LogP contribution in [0.4, 0.5) is 16.2 Å². The third kappa shape index (κ3) is 2.69. The molecule has 1 aliphatic rings. The van der Waals surface area contributed by atoms with Crippen molar-refractivity contribution in [3.05, 3.63) is 12.0 Å². The number of nitrogens with one attached hydrogen (secondary N) is 1. The van der Waals surface area contributed by atoms with Crippen LogP contribution >= 0.6 is 0 Å². The molecule has 4 N–H and O–H groups in total. The second kappa shape index (κ2) is 5.06. The smallest absolute Gasteiger partial charge is 0.222 e. The van der Waals surface area contributed by atoms with Crippen LogP contribution in [0, 0.1) is 11.7 Å². The van der Waals surface area contributed by atoms with E-state index in [4.69, 9.17) is 5.73 Å². The molecule has 1 aliphatic carbocycles. The number of aliphatic hydroxyl groups is 1. The first-order valence-corrected chi connectivity index (χ1v) is 6.22. The third-order valence-corrected chi connectivity index (χ3v) is 3.54. The van der Waals surface area contributed by atoms with Crippen molar-refractivity contribution >= 4 is 11.8 Å². The summed E-state index contributed by atoms with van der Waals surface area (Å²) in [6.07, 6.45) is 4.79. The Hall–Kier alpha value is -1.43. The Bertz CT molecular complexity index is 429. The Balaban J connectivity index is 2.21. The number of nitrogens with two attached hydrogens (primary N) is 1. The molecule has 2 atom stereocenters. The van der Waals surface area contributed by atoms with Crippen molar-refractivity contribution in [2.45, 2.75) is 38.1 Å². The minimum atomic E-state index is -0.546. The van der Waals surface area contributed by atoms with Crippen LogP contribution in [-0.4, -0.2) is 27.2 Å². The van der Waals surface area contributed by atoms with Crippen molar-refractivity contribution in [2.75, 3.05) is 17.7 Å². The van der Waals surface area contributed by atoms with Gasteiger partial charge in [-0.2, -0.15) is 4.98 Å². The largest absolute Gasteiger partial charge is 0.394 e. The highest BCUT2D eigenvalue weighted by Crippen LogP contribution is 2.34. The summed E-state index contributed by atoms with van der Waals surface area (Å²) < 4.78 is 13.6. The average molecular weight is 254 g/mol. The van der Waals surface area contributed by atoms with Gasteiger partial charge in [0.2, 0.25) is 5.95 Å². The summed E-state index contributed by atoms with van der Waals surface area (Å²) in [4.78, 5) is 7.44. The van der Waals surface area contributed by atoms with Gasteiger partial charge >= 0.3 is 0 Å². The van der Waals surface area contributed by atoms with Crippen molar-refractivity contribution in [2.24, 2.45) is 5.92 Å². The molecule has 0 spiro atoms. The lowest BCUT2D eigenvalue weighted by Crippen LogP contribution is -2.46. The molecular formula is C12H19FN4O. The first-order valence-electron chi connectivity index (χ1n) is 6.22. The number of nitrogen functional groups attached to an aromatic ring is 1. The summed E-state index contributed by atoms with van der Waals surface area (Å²) in [6, 6.07) is 0. The zero-order valence-electron chi connectivity index (χ0n) is 10.5. The lowest BCUT2D eigenvalue weighted by atomic mass is 9.77. The minimum Gasteiger partial charge on any atom is -0.394 e. The molecule has 5 nitrogen and oxygen atoms in total. The van der Waals surface area contributed by atoms with Gasteiger partial charge in [0.25, 0.3) is 0 Å². The normalized spacial score (nSPS) is 28.1. The second-order valence-corrected chi connectivity index (χ2v) is 5.19. The van der Waals surface area contributed by atoms with E-state index in [1.165, 1.54) is 0 Å². The van der Waals surface area contributed by atoms with Crippen LogP contribution in [0.25, 0.3) is 0 Å². The molecule has 1 heterocycles. The quantitative estimate of drug-likeness (QED) is 0.762. The summed E-state index contributed by atoms with van der Waals surface area (Å²) in [6.45, 7) is 2.09. The van der Waals surface area contributed by atoms with E-state index in [1.54, 1.807) is 0 Å². The van der Waals surface area contributed by atoms with Crippen LogP contribution in [0.3, 0.4) is 0 Å². The van der Waals surface area contributed by atoms with Gasteiger partial charge in [-0.15, -0.1) is 0 Å². The van der Waals surface area contributed by atoms with Gasteiger partial charge in [0.05, 0.1) is 18.3 Å². The van der Waals surface area contributed by atoms with E-state index in [1.807, 2.05) is 0 Å². The molecule has 2 unspecified atom stereocenters. The Kier molecular flexibility index (Phi) is 3.65. The molecule has 1 fully saturated rings. The number of nitrogens with zero attached hydrogens (tertiary/aromatic N) is 2. The Labute approximate surface area is 106 Å². The molecule has 1 aromatic rings.